The Balaban J connectivity index is 2.23. The third kappa shape index (κ3) is 5.30. The normalized spacial score (nSPS) is 9.61. The van der Waals surface area contributed by atoms with Crippen LogP contribution in [0.5, 0.6) is 0 Å². The average Bonchev–Trinajstić information content (AvgIpc) is 2.37. The summed E-state index contributed by atoms with van der Waals surface area (Å²) in [5.74, 6) is -0.553. The van der Waals surface area contributed by atoms with Crippen molar-refractivity contribution >= 4 is 17.6 Å². The molecule has 0 heterocycles. The predicted molar refractivity (Wildman–Crippen MR) is 70.2 cm³/mol. The van der Waals surface area contributed by atoms with Crippen LogP contribution in [-0.2, 0) is 14.3 Å². The van der Waals surface area contributed by atoms with E-state index in [1.54, 1.807) is 0 Å². The average molecular weight is 247 g/mol. The van der Waals surface area contributed by atoms with Crippen molar-refractivity contribution in [3.63, 3.8) is 0 Å². The molecular formula is C14H17NO3. The van der Waals surface area contributed by atoms with Crippen LogP contribution < -0.4 is 5.32 Å². The number of rotatable bonds is 6. The van der Waals surface area contributed by atoms with Gasteiger partial charge in [-0.1, -0.05) is 24.3 Å². The van der Waals surface area contributed by atoms with E-state index < -0.39 is 5.97 Å². The van der Waals surface area contributed by atoms with Crippen LogP contribution in [0.1, 0.15) is 18.4 Å². The molecule has 96 valence electrons. The summed E-state index contributed by atoms with van der Waals surface area (Å²) in [6.45, 7) is 5.50. The van der Waals surface area contributed by atoms with E-state index in [9.17, 15) is 9.59 Å². The Labute approximate surface area is 107 Å². The first-order valence-electron chi connectivity index (χ1n) is 5.77. The molecule has 1 aromatic carbocycles. The number of anilines is 1. The maximum absolute atomic E-state index is 11.5. The number of hydrogen-bond acceptors (Lipinski definition) is 3. The molecule has 0 aliphatic heterocycles. The molecule has 1 aromatic rings. The van der Waals surface area contributed by atoms with Crippen LogP contribution in [0.15, 0.2) is 36.9 Å². The Morgan fingerprint density at radius 3 is 2.61 bits per heavy atom. The van der Waals surface area contributed by atoms with E-state index in [1.165, 1.54) is 0 Å². The second kappa shape index (κ2) is 7.27. The zero-order chi connectivity index (χ0) is 13.4. The first kappa shape index (κ1) is 14.0. The van der Waals surface area contributed by atoms with Gasteiger partial charge in [0.2, 0.25) is 5.91 Å². The summed E-state index contributed by atoms with van der Waals surface area (Å²) >= 11 is 0. The Kier molecular flexibility index (Phi) is 5.64. The highest BCUT2D eigenvalue weighted by Gasteiger charge is 2.03. The van der Waals surface area contributed by atoms with Gasteiger partial charge in [0, 0.05) is 18.2 Å². The third-order valence-electron chi connectivity index (χ3n) is 2.29. The van der Waals surface area contributed by atoms with E-state index in [4.69, 9.17) is 4.74 Å². The van der Waals surface area contributed by atoms with Crippen LogP contribution in [0, 0.1) is 6.92 Å². The summed E-state index contributed by atoms with van der Waals surface area (Å²) in [4.78, 5) is 22.3. The summed E-state index contributed by atoms with van der Waals surface area (Å²) in [6.07, 6.45) is 1.92. The molecule has 0 radical (unpaired) electrons. The number of aryl methyl sites for hydroxylation is 1. The van der Waals surface area contributed by atoms with Crippen LogP contribution in [0.4, 0.5) is 5.69 Å². The molecule has 0 saturated heterocycles. The maximum Gasteiger partial charge on any atom is 0.330 e. The van der Waals surface area contributed by atoms with E-state index in [0.29, 0.717) is 12.8 Å². The molecule has 0 aliphatic rings. The molecule has 0 bridgehead atoms. The largest absolute Gasteiger partial charge is 0.463 e. The second-order valence-electron chi connectivity index (χ2n) is 3.89. The standard InChI is InChI=1S/C14H17NO3/c1-3-14(17)18-10-4-5-13(16)15-12-8-6-11(2)7-9-12/h3,6-9H,1,4-5,10H2,2H3,(H,15,16). The maximum atomic E-state index is 11.5. The molecule has 1 amide bonds. The number of esters is 1. The van der Waals surface area contributed by atoms with Crippen molar-refractivity contribution in [3.05, 3.63) is 42.5 Å². The van der Waals surface area contributed by atoms with Gasteiger partial charge in [-0.3, -0.25) is 4.79 Å². The number of carbonyl (C=O) groups excluding carboxylic acids is 2. The van der Waals surface area contributed by atoms with E-state index in [-0.39, 0.29) is 12.5 Å². The number of amides is 1. The molecule has 1 rings (SSSR count). The van der Waals surface area contributed by atoms with Gasteiger partial charge in [-0.05, 0) is 25.5 Å². The minimum absolute atomic E-state index is 0.0893. The number of hydrogen-bond donors (Lipinski definition) is 1. The highest BCUT2D eigenvalue weighted by molar-refractivity contribution is 5.90. The minimum atomic E-state index is -0.464. The summed E-state index contributed by atoms with van der Waals surface area (Å²) in [6, 6.07) is 7.57. The third-order valence-corrected chi connectivity index (χ3v) is 2.29. The van der Waals surface area contributed by atoms with Crippen LogP contribution in [-0.4, -0.2) is 18.5 Å². The summed E-state index contributed by atoms with van der Waals surface area (Å²) in [5, 5.41) is 2.77. The van der Waals surface area contributed by atoms with Gasteiger partial charge in [0.15, 0.2) is 0 Å². The van der Waals surface area contributed by atoms with Gasteiger partial charge in [-0.2, -0.15) is 0 Å². The van der Waals surface area contributed by atoms with Crippen molar-refractivity contribution in [2.45, 2.75) is 19.8 Å². The minimum Gasteiger partial charge on any atom is -0.463 e. The molecule has 0 unspecified atom stereocenters. The molecule has 4 nitrogen and oxygen atoms in total. The molecule has 0 atom stereocenters. The van der Waals surface area contributed by atoms with Crippen LogP contribution in [0.2, 0.25) is 0 Å². The van der Waals surface area contributed by atoms with Crippen molar-refractivity contribution in [1.82, 2.24) is 0 Å². The lowest BCUT2D eigenvalue weighted by atomic mass is 10.2. The lowest BCUT2D eigenvalue weighted by Crippen LogP contribution is -2.12. The van der Waals surface area contributed by atoms with E-state index in [2.05, 4.69) is 11.9 Å². The van der Waals surface area contributed by atoms with Gasteiger partial charge in [-0.25, -0.2) is 4.79 Å². The van der Waals surface area contributed by atoms with Gasteiger partial charge < -0.3 is 10.1 Å². The quantitative estimate of drug-likeness (QED) is 0.477. The zero-order valence-electron chi connectivity index (χ0n) is 10.4. The van der Waals surface area contributed by atoms with Gasteiger partial charge in [0.1, 0.15) is 0 Å². The Morgan fingerprint density at radius 2 is 2.00 bits per heavy atom. The van der Waals surface area contributed by atoms with Gasteiger partial charge in [0.25, 0.3) is 0 Å². The zero-order valence-corrected chi connectivity index (χ0v) is 10.4. The Morgan fingerprint density at radius 1 is 1.33 bits per heavy atom. The number of benzene rings is 1. The number of nitrogens with one attached hydrogen (secondary N) is 1. The van der Waals surface area contributed by atoms with Crippen molar-refractivity contribution in [1.29, 1.82) is 0 Å². The molecule has 0 aromatic heterocycles. The van der Waals surface area contributed by atoms with Crippen LogP contribution >= 0.6 is 0 Å². The molecule has 0 fully saturated rings. The summed E-state index contributed by atoms with van der Waals surface area (Å²) < 4.78 is 4.77. The highest BCUT2D eigenvalue weighted by atomic mass is 16.5. The number of carbonyl (C=O) groups is 2. The molecule has 0 saturated carbocycles. The molecule has 0 spiro atoms. The topological polar surface area (TPSA) is 55.4 Å². The lowest BCUT2D eigenvalue weighted by Gasteiger charge is -2.05. The van der Waals surface area contributed by atoms with Crippen molar-refractivity contribution in [2.75, 3.05) is 11.9 Å². The van der Waals surface area contributed by atoms with Gasteiger partial charge in [-0.15, -0.1) is 0 Å². The predicted octanol–water partition coefficient (Wildman–Crippen LogP) is 2.44. The van der Waals surface area contributed by atoms with Gasteiger partial charge in [0.05, 0.1) is 6.61 Å². The first-order valence-corrected chi connectivity index (χ1v) is 5.77. The fourth-order valence-electron chi connectivity index (χ4n) is 1.32. The first-order chi connectivity index (χ1) is 8.61. The van der Waals surface area contributed by atoms with Crippen LogP contribution in [0.25, 0.3) is 0 Å². The Hall–Kier alpha value is -2.10. The van der Waals surface area contributed by atoms with Crippen molar-refractivity contribution in [3.8, 4) is 0 Å². The molecular weight excluding hydrogens is 230 g/mol. The van der Waals surface area contributed by atoms with E-state index in [1.807, 2.05) is 31.2 Å². The van der Waals surface area contributed by atoms with Crippen molar-refractivity contribution < 1.29 is 14.3 Å². The smallest absolute Gasteiger partial charge is 0.330 e. The van der Waals surface area contributed by atoms with Gasteiger partial charge >= 0.3 is 5.97 Å². The number of ether oxygens (including phenoxy) is 1. The Bertz CT molecular complexity index is 423. The molecule has 1 N–H and O–H groups in total. The molecule has 4 heteroatoms. The SMILES string of the molecule is C=CC(=O)OCCCC(=O)Nc1ccc(C)cc1. The molecule has 0 aliphatic carbocycles. The fraction of sp³-hybridized carbons (Fsp3) is 0.286. The summed E-state index contributed by atoms with van der Waals surface area (Å²) in [7, 11) is 0. The van der Waals surface area contributed by atoms with Crippen LogP contribution in [0.3, 0.4) is 0 Å². The lowest BCUT2D eigenvalue weighted by molar-refractivity contribution is -0.138. The molecule has 18 heavy (non-hydrogen) atoms. The monoisotopic (exact) mass is 247 g/mol. The highest BCUT2D eigenvalue weighted by Crippen LogP contribution is 2.09. The van der Waals surface area contributed by atoms with Crippen molar-refractivity contribution in [2.24, 2.45) is 0 Å². The fourth-order valence-corrected chi connectivity index (χ4v) is 1.32. The van der Waals surface area contributed by atoms with E-state index >= 15 is 0 Å². The summed E-state index contributed by atoms with van der Waals surface area (Å²) in [5.41, 5.74) is 1.91. The second-order valence-corrected chi connectivity index (χ2v) is 3.89. The van der Waals surface area contributed by atoms with E-state index in [0.717, 1.165) is 17.3 Å².